The van der Waals surface area contributed by atoms with Crippen LogP contribution in [0.2, 0.25) is 0 Å². The maximum absolute atomic E-state index is 4.23. The van der Waals surface area contributed by atoms with E-state index in [1.165, 1.54) is 5.56 Å². The highest BCUT2D eigenvalue weighted by Gasteiger charge is 2.12. The third kappa shape index (κ3) is 3.95. The van der Waals surface area contributed by atoms with Crippen LogP contribution in [0.5, 0.6) is 0 Å². The molecule has 2 aromatic carbocycles. The number of hydrogen-bond donors (Lipinski definition) is 1. The molecule has 2 rings (SSSR count). The smallest absolute Gasteiger partial charge is 0.0562 e. The van der Waals surface area contributed by atoms with Crippen LogP contribution in [0.1, 0.15) is 31.9 Å². The van der Waals surface area contributed by atoms with E-state index in [4.69, 9.17) is 0 Å². The van der Waals surface area contributed by atoms with E-state index in [1.54, 1.807) is 0 Å². The van der Waals surface area contributed by atoms with Crippen LogP contribution in [-0.2, 0) is 5.41 Å². The molecule has 0 fully saturated rings. The highest BCUT2D eigenvalue weighted by molar-refractivity contribution is 5.80. The zero-order valence-electron chi connectivity index (χ0n) is 11.7. The molecule has 0 heterocycles. The van der Waals surface area contributed by atoms with Crippen molar-refractivity contribution in [2.75, 3.05) is 5.43 Å². The Morgan fingerprint density at radius 2 is 1.53 bits per heavy atom. The van der Waals surface area contributed by atoms with Gasteiger partial charge in [-0.1, -0.05) is 63.2 Å². The Balaban J connectivity index is 1.99. The van der Waals surface area contributed by atoms with E-state index in [0.717, 1.165) is 11.3 Å². The molecule has 0 aliphatic carbocycles. The van der Waals surface area contributed by atoms with Gasteiger partial charge in [-0.25, -0.2) is 0 Å². The summed E-state index contributed by atoms with van der Waals surface area (Å²) in [4.78, 5) is 0. The minimum absolute atomic E-state index is 0.186. The second kappa shape index (κ2) is 5.70. The van der Waals surface area contributed by atoms with Crippen LogP contribution in [0.4, 0.5) is 5.69 Å². The zero-order valence-corrected chi connectivity index (χ0v) is 11.7. The van der Waals surface area contributed by atoms with Crippen molar-refractivity contribution in [2.45, 2.75) is 26.2 Å². The average molecular weight is 252 g/mol. The minimum Gasteiger partial charge on any atom is -0.279 e. The molecular formula is C17H20N2. The third-order valence-corrected chi connectivity index (χ3v) is 2.96. The molecule has 0 aliphatic rings. The molecule has 2 heteroatoms. The molecule has 2 nitrogen and oxygen atoms in total. The zero-order chi connectivity index (χ0) is 13.7. The molecule has 0 saturated carbocycles. The Bertz CT molecular complexity index is 534. The van der Waals surface area contributed by atoms with Crippen molar-refractivity contribution < 1.29 is 0 Å². The number of benzene rings is 2. The Hall–Kier alpha value is -2.09. The van der Waals surface area contributed by atoms with Crippen molar-refractivity contribution in [1.29, 1.82) is 0 Å². The van der Waals surface area contributed by atoms with E-state index in [1.807, 2.05) is 36.5 Å². The molecule has 0 aromatic heterocycles. The van der Waals surface area contributed by atoms with Crippen molar-refractivity contribution in [3.63, 3.8) is 0 Å². The highest BCUT2D eigenvalue weighted by atomic mass is 15.3. The Morgan fingerprint density at radius 3 is 2.11 bits per heavy atom. The van der Waals surface area contributed by atoms with Crippen LogP contribution in [0.3, 0.4) is 0 Å². The number of nitrogens with zero attached hydrogens (tertiary/aromatic N) is 1. The lowest BCUT2D eigenvalue weighted by molar-refractivity contribution is 0.590. The SMILES string of the molecule is CC(C)(C)c1ccc(N/N=C/c2ccccc2)cc1. The quantitative estimate of drug-likeness (QED) is 0.634. The number of rotatable bonds is 3. The molecule has 1 N–H and O–H groups in total. The predicted octanol–water partition coefficient (Wildman–Crippen LogP) is 4.43. The van der Waals surface area contributed by atoms with E-state index in [2.05, 4.69) is 55.6 Å². The summed E-state index contributed by atoms with van der Waals surface area (Å²) in [6.07, 6.45) is 1.82. The Labute approximate surface area is 115 Å². The van der Waals surface area contributed by atoms with Crippen LogP contribution in [-0.4, -0.2) is 6.21 Å². The molecule has 19 heavy (non-hydrogen) atoms. The van der Waals surface area contributed by atoms with Gasteiger partial charge in [0, 0.05) is 0 Å². The summed E-state index contributed by atoms with van der Waals surface area (Å²) in [5, 5.41) is 4.23. The molecule has 0 radical (unpaired) electrons. The summed E-state index contributed by atoms with van der Waals surface area (Å²) in [5.74, 6) is 0. The van der Waals surface area contributed by atoms with Crippen molar-refractivity contribution in [3.8, 4) is 0 Å². The average Bonchev–Trinajstić information content (AvgIpc) is 2.39. The number of hydrazone groups is 1. The molecular weight excluding hydrogens is 232 g/mol. The molecule has 0 aliphatic heterocycles. The van der Waals surface area contributed by atoms with Gasteiger partial charge in [0.15, 0.2) is 0 Å². The topological polar surface area (TPSA) is 24.4 Å². The predicted molar refractivity (Wildman–Crippen MR) is 82.8 cm³/mol. The van der Waals surface area contributed by atoms with Crippen LogP contribution in [0.25, 0.3) is 0 Å². The fraction of sp³-hybridized carbons (Fsp3) is 0.235. The highest BCUT2D eigenvalue weighted by Crippen LogP contribution is 2.23. The van der Waals surface area contributed by atoms with Gasteiger partial charge >= 0.3 is 0 Å². The van der Waals surface area contributed by atoms with Gasteiger partial charge in [0.05, 0.1) is 11.9 Å². The second-order valence-electron chi connectivity index (χ2n) is 5.61. The van der Waals surface area contributed by atoms with Crippen molar-refractivity contribution in [2.24, 2.45) is 5.10 Å². The lowest BCUT2D eigenvalue weighted by Crippen LogP contribution is -2.10. The fourth-order valence-corrected chi connectivity index (χ4v) is 1.77. The first-order valence-corrected chi connectivity index (χ1v) is 6.50. The van der Waals surface area contributed by atoms with E-state index in [-0.39, 0.29) is 5.41 Å². The largest absolute Gasteiger partial charge is 0.279 e. The molecule has 0 atom stereocenters. The van der Waals surface area contributed by atoms with Crippen LogP contribution >= 0.6 is 0 Å². The van der Waals surface area contributed by atoms with Gasteiger partial charge in [0.25, 0.3) is 0 Å². The van der Waals surface area contributed by atoms with Gasteiger partial charge in [0.2, 0.25) is 0 Å². The lowest BCUT2D eigenvalue weighted by Gasteiger charge is -2.18. The summed E-state index contributed by atoms with van der Waals surface area (Å²) in [5.41, 5.74) is 6.64. The number of anilines is 1. The Kier molecular flexibility index (Phi) is 4.00. The summed E-state index contributed by atoms with van der Waals surface area (Å²) in [6.45, 7) is 6.63. The first-order valence-electron chi connectivity index (χ1n) is 6.50. The maximum Gasteiger partial charge on any atom is 0.0562 e. The minimum atomic E-state index is 0.186. The number of hydrogen-bond acceptors (Lipinski definition) is 2. The third-order valence-electron chi connectivity index (χ3n) is 2.96. The van der Waals surface area contributed by atoms with E-state index < -0.39 is 0 Å². The van der Waals surface area contributed by atoms with Gasteiger partial charge in [-0.2, -0.15) is 5.10 Å². The van der Waals surface area contributed by atoms with Crippen molar-refractivity contribution in [3.05, 3.63) is 65.7 Å². The summed E-state index contributed by atoms with van der Waals surface area (Å²) in [7, 11) is 0. The van der Waals surface area contributed by atoms with Crippen molar-refractivity contribution in [1.82, 2.24) is 0 Å². The van der Waals surface area contributed by atoms with Crippen LogP contribution < -0.4 is 5.43 Å². The lowest BCUT2D eigenvalue weighted by atomic mass is 9.87. The van der Waals surface area contributed by atoms with Gasteiger partial charge in [-0.05, 0) is 28.7 Å². The normalized spacial score (nSPS) is 11.7. The fourth-order valence-electron chi connectivity index (χ4n) is 1.77. The Morgan fingerprint density at radius 1 is 0.895 bits per heavy atom. The van der Waals surface area contributed by atoms with Gasteiger partial charge in [-0.15, -0.1) is 0 Å². The van der Waals surface area contributed by atoms with E-state index >= 15 is 0 Å². The van der Waals surface area contributed by atoms with Crippen LogP contribution in [0.15, 0.2) is 59.7 Å². The summed E-state index contributed by atoms with van der Waals surface area (Å²) >= 11 is 0. The number of nitrogens with one attached hydrogen (secondary N) is 1. The van der Waals surface area contributed by atoms with Crippen molar-refractivity contribution >= 4 is 11.9 Å². The molecule has 0 amide bonds. The second-order valence-corrected chi connectivity index (χ2v) is 5.61. The molecule has 0 saturated heterocycles. The van der Waals surface area contributed by atoms with Crippen LogP contribution in [0, 0.1) is 0 Å². The van der Waals surface area contributed by atoms with Gasteiger partial charge in [-0.3, -0.25) is 5.43 Å². The summed E-state index contributed by atoms with van der Waals surface area (Å²) < 4.78 is 0. The molecule has 98 valence electrons. The van der Waals surface area contributed by atoms with Gasteiger partial charge in [0.1, 0.15) is 0 Å². The molecule has 2 aromatic rings. The van der Waals surface area contributed by atoms with E-state index in [9.17, 15) is 0 Å². The van der Waals surface area contributed by atoms with Gasteiger partial charge < -0.3 is 0 Å². The summed E-state index contributed by atoms with van der Waals surface area (Å²) in [6, 6.07) is 18.4. The maximum atomic E-state index is 4.23. The molecule has 0 spiro atoms. The van der Waals surface area contributed by atoms with E-state index in [0.29, 0.717) is 0 Å². The first-order chi connectivity index (χ1) is 9.05. The molecule has 0 bridgehead atoms. The monoisotopic (exact) mass is 252 g/mol. The molecule has 0 unspecified atom stereocenters. The first kappa shape index (κ1) is 13.3. The standard InChI is InChI=1S/C17H20N2/c1-17(2,3)15-9-11-16(12-10-15)19-18-13-14-7-5-4-6-8-14/h4-13,19H,1-3H3/b18-13+.